The van der Waals surface area contributed by atoms with E-state index >= 15 is 0 Å². The molecule has 2 amide bonds. The van der Waals surface area contributed by atoms with Crippen LogP contribution in [0.2, 0.25) is 15.1 Å². The van der Waals surface area contributed by atoms with Gasteiger partial charge < -0.3 is 10.2 Å². The lowest BCUT2D eigenvalue weighted by Crippen LogP contribution is -2.53. The summed E-state index contributed by atoms with van der Waals surface area (Å²) < 4.78 is 29.2. The molecule has 4 aromatic rings. The van der Waals surface area contributed by atoms with E-state index in [0.717, 1.165) is 15.4 Å². The lowest BCUT2D eigenvalue weighted by atomic mass is 10.0. The molecule has 7 nitrogen and oxygen atoms in total. The maximum atomic E-state index is 14.5. The van der Waals surface area contributed by atoms with Gasteiger partial charge in [0.1, 0.15) is 12.6 Å². The van der Waals surface area contributed by atoms with Crippen molar-refractivity contribution in [1.82, 2.24) is 10.2 Å². The van der Waals surface area contributed by atoms with Crippen LogP contribution in [0.1, 0.15) is 30.0 Å². The fourth-order valence-electron chi connectivity index (χ4n) is 4.76. The molecule has 0 aliphatic rings. The van der Waals surface area contributed by atoms with E-state index in [4.69, 9.17) is 34.8 Å². The van der Waals surface area contributed by atoms with Crippen LogP contribution in [0, 0.1) is 6.92 Å². The molecule has 45 heavy (non-hydrogen) atoms. The predicted octanol–water partition coefficient (Wildman–Crippen LogP) is 7.32. The molecule has 1 atom stereocenters. The Bertz CT molecular complexity index is 1700. The maximum Gasteiger partial charge on any atom is 0.264 e. The van der Waals surface area contributed by atoms with Crippen molar-refractivity contribution in [3.8, 4) is 0 Å². The second kappa shape index (κ2) is 15.6. The van der Waals surface area contributed by atoms with Gasteiger partial charge in [0.05, 0.1) is 10.6 Å². The van der Waals surface area contributed by atoms with Crippen LogP contribution < -0.4 is 9.62 Å². The van der Waals surface area contributed by atoms with Crippen molar-refractivity contribution >= 4 is 62.3 Å². The van der Waals surface area contributed by atoms with Crippen LogP contribution in [0.5, 0.6) is 0 Å². The maximum absolute atomic E-state index is 14.5. The van der Waals surface area contributed by atoms with Crippen LogP contribution in [-0.4, -0.2) is 44.3 Å². The van der Waals surface area contributed by atoms with Gasteiger partial charge in [-0.15, -0.1) is 0 Å². The van der Waals surface area contributed by atoms with Crippen LogP contribution in [0.3, 0.4) is 0 Å². The molecule has 0 unspecified atom stereocenters. The summed E-state index contributed by atoms with van der Waals surface area (Å²) in [4.78, 5) is 29.6. The van der Waals surface area contributed by atoms with Gasteiger partial charge in [0, 0.05) is 34.6 Å². The third-order valence-electron chi connectivity index (χ3n) is 7.11. The number of sulfonamides is 1. The molecular weight excluding hydrogens is 653 g/mol. The van der Waals surface area contributed by atoms with Gasteiger partial charge in [-0.1, -0.05) is 102 Å². The quantitative estimate of drug-likeness (QED) is 0.160. The highest BCUT2D eigenvalue weighted by Gasteiger charge is 2.34. The molecule has 0 aliphatic carbocycles. The van der Waals surface area contributed by atoms with Gasteiger partial charge in [0.25, 0.3) is 10.0 Å². The Morgan fingerprint density at radius 1 is 0.800 bits per heavy atom. The summed E-state index contributed by atoms with van der Waals surface area (Å²) in [5.41, 5.74) is 2.54. The standard InChI is InChI=1S/C34H34Cl3N3O4S/c1-3-17-38-34(42)32(18-25-7-5-4-6-8-25)39(22-26-11-13-27(35)14-12-26)33(41)23-40(30-20-28(36)19-29(37)21-30)45(43,44)31-15-9-24(2)10-16-31/h4-16,19-21,32H,3,17-18,22-23H2,1-2H3,(H,38,42)/t32-/m1/s1. The van der Waals surface area contributed by atoms with Crippen molar-refractivity contribution in [3.05, 3.63) is 129 Å². The Balaban J connectivity index is 1.81. The number of hydrogen-bond donors (Lipinski definition) is 1. The molecule has 0 bridgehead atoms. The second-order valence-electron chi connectivity index (χ2n) is 10.6. The summed E-state index contributed by atoms with van der Waals surface area (Å²) >= 11 is 18.7. The fraction of sp³-hybridized carbons (Fsp3) is 0.235. The van der Waals surface area contributed by atoms with Crippen molar-refractivity contribution in [1.29, 1.82) is 0 Å². The Kier molecular flexibility index (Phi) is 11.9. The molecule has 11 heteroatoms. The monoisotopic (exact) mass is 685 g/mol. The van der Waals surface area contributed by atoms with Gasteiger partial charge in [-0.05, 0) is 66.9 Å². The van der Waals surface area contributed by atoms with Crippen molar-refractivity contribution < 1.29 is 18.0 Å². The molecule has 0 heterocycles. The number of benzene rings is 4. The van der Waals surface area contributed by atoms with E-state index in [1.807, 2.05) is 44.2 Å². The number of carbonyl (C=O) groups is 2. The van der Waals surface area contributed by atoms with Crippen molar-refractivity contribution in [2.24, 2.45) is 0 Å². The molecule has 4 rings (SSSR count). The summed E-state index contributed by atoms with van der Waals surface area (Å²) in [5.74, 6) is -0.939. The van der Waals surface area contributed by atoms with Crippen molar-refractivity contribution in [3.63, 3.8) is 0 Å². The van der Waals surface area contributed by atoms with E-state index in [0.29, 0.717) is 23.6 Å². The van der Waals surface area contributed by atoms with E-state index in [-0.39, 0.29) is 39.5 Å². The smallest absolute Gasteiger partial charge is 0.264 e. The van der Waals surface area contributed by atoms with Crippen LogP contribution in [0.15, 0.2) is 102 Å². The number of aryl methyl sites for hydroxylation is 1. The van der Waals surface area contributed by atoms with Crippen molar-refractivity contribution in [2.45, 2.75) is 44.2 Å². The molecule has 0 saturated heterocycles. The first-order valence-corrected chi connectivity index (χ1v) is 17.0. The molecule has 0 aliphatic heterocycles. The minimum Gasteiger partial charge on any atom is -0.354 e. The largest absolute Gasteiger partial charge is 0.354 e. The Morgan fingerprint density at radius 2 is 1.42 bits per heavy atom. The van der Waals surface area contributed by atoms with E-state index < -0.39 is 28.5 Å². The van der Waals surface area contributed by atoms with Crippen molar-refractivity contribution in [2.75, 3.05) is 17.4 Å². The molecular formula is C34H34Cl3N3O4S. The highest BCUT2D eigenvalue weighted by Crippen LogP contribution is 2.30. The van der Waals surface area contributed by atoms with E-state index in [9.17, 15) is 18.0 Å². The predicted molar refractivity (Wildman–Crippen MR) is 181 cm³/mol. The van der Waals surface area contributed by atoms with Gasteiger partial charge in [-0.25, -0.2) is 8.42 Å². The summed E-state index contributed by atoms with van der Waals surface area (Å²) in [7, 11) is -4.28. The van der Waals surface area contributed by atoms with Gasteiger partial charge in [0.2, 0.25) is 11.8 Å². The Hall–Kier alpha value is -3.56. The number of nitrogens with zero attached hydrogens (tertiary/aromatic N) is 2. The summed E-state index contributed by atoms with van der Waals surface area (Å²) in [5, 5.41) is 3.85. The Labute approximate surface area is 279 Å². The average molecular weight is 687 g/mol. The first-order chi connectivity index (χ1) is 21.5. The molecule has 4 aromatic carbocycles. The van der Waals surface area contributed by atoms with Crippen LogP contribution in [0.4, 0.5) is 5.69 Å². The second-order valence-corrected chi connectivity index (χ2v) is 13.8. The minimum atomic E-state index is -4.28. The first kappa shape index (κ1) is 34.3. The zero-order valence-corrected chi connectivity index (χ0v) is 28.0. The number of nitrogens with one attached hydrogen (secondary N) is 1. The normalized spacial score (nSPS) is 11.9. The SMILES string of the molecule is CCCNC(=O)[C@@H](Cc1ccccc1)N(Cc1ccc(Cl)cc1)C(=O)CN(c1cc(Cl)cc(Cl)c1)S(=O)(=O)c1ccc(C)cc1. The van der Waals surface area contributed by atoms with Crippen LogP contribution in [0.25, 0.3) is 0 Å². The highest BCUT2D eigenvalue weighted by molar-refractivity contribution is 7.92. The Morgan fingerprint density at radius 3 is 2.02 bits per heavy atom. The van der Waals surface area contributed by atoms with Crippen LogP contribution in [-0.2, 0) is 32.6 Å². The molecule has 0 aromatic heterocycles. The first-order valence-electron chi connectivity index (χ1n) is 14.4. The lowest BCUT2D eigenvalue weighted by molar-refractivity contribution is -0.140. The zero-order chi connectivity index (χ0) is 32.6. The molecule has 0 radical (unpaired) electrons. The number of hydrogen-bond acceptors (Lipinski definition) is 4. The number of halogens is 3. The topological polar surface area (TPSA) is 86.8 Å². The van der Waals surface area contributed by atoms with Gasteiger partial charge >= 0.3 is 0 Å². The summed E-state index contributed by atoms with van der Waals surface area (Å²) in [6.07, 6.45) is 0.913. The molecule has 0 spiro atoms. The third kappa shape index (κ3) is 9.23. The minimum absolute atomic E-state index is 0.0113. The molecule has 0 fully saturated rings. The van der Waals surface area contributed by atoms with E-state index in [2.05, 4.69) is 5.32 Å². The number of amides is 2. The number of carbonyl (C=O) groups excluding carboxylic acids is 2. The van der Waals surface area contributed by atoms with Gasteiger partial charge in [-0.2, -0.15) is 0 Å². The number of anilines is 1. The third-order valence-corrected chi connectivity index (χ3v) is 9.59. The van der Waals surface area contributed by atoms with E-state index in [1.54, 1.807) is 36.4 Å². The summed E-state index contributed by atoms with van der Waals surface area (Å²) in [6, 6.07) is 26.0. The highest BCUT2D eigenvalue weighted by atomic mass is 35.5. The molecule has 0 saturated carbocycles. The molecule has 1 N–H and O–H groups in total. The van der Waals surface area contributed by atoms with E-state index in [1.165, 1.54) is 35.2 Å². The van der Waals surface area contributed by atoms with Crippen LogP contribution >= 0.6 is 34.8 Å². The zero-order valence-electron chi connectivity index (χ0n) is 24.9. The summed E-state index contributed by atoms with van der Waals surface area (Å²) in [6.45, 7) is 3.61. The fourth-order valence-corrected chi connectivity index (χ4v) is 6.79. The number of rotatable bonds is 13. The van der Waals surface area contributed by atoms with Gasteiger partial charge in [-0.3, -0.25) is 13.9 Å². The molecule has 236 valence electrons. The van der Waals surface area contributed by atoms with Gasteiger partial charge in [0.15, 0.2) is 0 Å². The average Bonchev–Trinajstić information content (AvgIpc) is 3.01. The lowest BCUT2D eigenvalue weighted by Gasteiger charge is -2.34.